The molecule has 20 heavy (non-hydrogen) atoms. The Labute approximate surface area is 116 Å². The highest BCUT2D eigenvalue weighted by atomic mass is 19.1. The number of piperidine rings is 1. The first kappa shape index (κ1) is 14.5. The van der Waals surface area contributed by atoms with Gasteiger partial charge in [0.2, 0.25) is 5.91 Å². The first-order chi connectivity index (χ1) is 9.44. The fraction of sp³-hybridized carbons (Fsp3) is 0.429. The van der Waals surface area contributed by atoms with E-state index in [-0.39, 0.29) is 11.6 Å². The van der Waals surface area contributed by atoms with Crippen molar-refractivity contribution in [3.05, 3.63) is 29.6 Å². The normalized spacial score (nSPS) is 22.3. The average molecular weight is 280 g/mol. The molecule has 1 aromatic rings. The maximum atomic E-state index is 13.5. The number of anilines is 1. The summed E-state index contributed by atoms with van der Waals surface area (Å²) in [5, 5.41) is 14.7. The number of carboxylic acid groups (broad SMARTS) is 1. The number of amides is 1. The summed E-state index contributed by atoms with van der Waals surface area (Å²) in [5.74, 6) is -2.61. The Morgan fingerprint density at radius 2 is 2.15 bits per heavy atom. The van der Waals surface area contributed by atoms with Crippen molar-refractivity contribution in [3.63, 3.8) is 0 Å². The van der Waals surface area contributed by atoms with Crippen molar-refractivity contribution in [1.29, 1.82) is 0 Å². The van der Waals surface area contributed by atoms with Crippen LogP contribution in [0.3, 0.4) is 0 Å². The van der Waals surface area contributed by atoms with Crippen LogP contribution in [0.5, 0.6) is 0 Å². The van der Waals surface area contributed by atoms with Crippen LogP contribution in [0.25, 0.3) is 0 Å². The quantitative estimate of drug-likeness (QED) is 0.791. The summed E-state index contributed by atoms with van der Waals surface area (Å²) < 4.78 is 13.5. The van der Waals surface area contributed by atoms with Gasteiger partial charge in [-0.1, -0.05) is 6.07 Å². The lowest BCUT2D eigenvalue weighted by molar-refractivity contribution is -0.122. The van der Waals surface area contributed by atoms with E-state index in [1.165, 1.54) is 12.1 Å². The van der Waals surface area contributed by atoms with Gasteiger partial charge in [-0.05, 0) is 44.9 Å². The molecule has 1 aliphatic rings. The lowest BCUT2D eigenvalue weighted by Crippen LogP contribution is -2.54. The molecule has 0 spiro atoms. The molecule has 0 bridgehead atoms. The van der Waals surface area contributed by atoms with Gasteiger partial charge in [0.15, 0.2) is 0 Å². The van der Waals surface area contributed by atoms with Crippen LogP contribution >= 0.6 is 0 Å². The molecule has 1 fully saturated rings. The van der Waals surface area contributed by atoms with E-state index in [1.807, 2.05) is 0 Å². The summed E-state index contributed by atoms with van der Waals surface area (Å²) in [5.41, 5.74) is -1.28. The third-order valence-corrected chi connectivity index (χ3v) is 3.60. The highest BCUT2D eigenvalue weighted by Crippen LogP contribution is 2.24. The van der Waals surface area contributed by atoms with E-state index >= 15 is 0 Å². The molecule has 3 N–H and O–H groups in total. The van der Waals surface area contributed by atoms with Gasteiger partial charge in [-0.15, -0.1) is 0 Å². The molecule has 1 aliphatic heterocycles. The predicted molar refractivity (Wildman–Crippen MR) is 72.2 cm³/mol. The SMILES string of the molecule is CC1(C(=O)Nc2cccc(F)c2C(=O)O)CCCCN1. The third kappa shape index (κ3) is 2.80. The standard InChI is InChI=1S/C14H17FN2O3/c1-14(7-2-3-8-16-14)13(20)17-10-6-4-5-9(15)11(10)12(18)19/h4-6,16H,2-3,7-8H2,1H3,(H,17,20)(H,18,19). The molecule has 2 rings (SSSR count). The number of aromatic carboxylic acids is 1. The number of nitrogens with one attached hydrogen (secondary N) is 2. The van der Waals surface area contributed by atoms with Crippen molar-refractivity contribution in [2.24, 2.45) is 0 Å². The van der Waals surface area contributed by atoms with Gasteiger partial charge < -0.3 is 15.7 Å². The van der Waals surface area contributed by atoms with Crippen molar-refractivity contribution >= 4 is 17.6 Å². The van der Waals surface area contributed by atoms with Crippen LogP contribution in [0, 0.1) is 5.82 Å². The van der Waals surface area contributed by atoms with Gasteiger partial charge in [0.05, 0.1) is 11.2 Å². The Morgan fingerprint density at radius 3 is 2.75 bits per heavy atom. The Balaban J connectivity index is 2.24. The van der Waals surface area contributed by atoms with Crippen LogP contribution < -0.4 is 10.6 Å². The van der Waals surface area contributed by atoms with Crippen LogP contribution in [-0.4, -0.2) is 29.1 Å². The van der Waals surface area contributed by atoms with Crippen molar-refractivity contribution in [2.75, 3.05) is 11.9 Å². The van der Waals surface area contributed by atoms with Gasteiger partial charge in [0.25, 0.3) is 0 Å². The fourth-order valence-electron chi connectivity index (χ4n) is 2.36. The minimum Gasteiger partial charge on any atom is -0.478 e. The zero-order valence-electron chi connectivity index (χ0n) is 11.2. The lowest BCUT2D eigenvalue weighted by atomic mass is 9.90. The number of benzene rings is 1. The van der Waals surface area contributed by atoms with E-state index in [0.29, 0.717) is 6.42 Å². The number of hydrogen-bond donors (Lipinski definition) is 3. The summed E-state index contributed by atoms with van der Waals surface area (Å²) in [4.78, 5) is 23.4. The number of carboxylic acids is 1. The summed E-state index contributed by atoms with van der Waals surface area (Å²) in [7, 11) is 0. The molecule has 1 heterocycles. The molecule has 0 saturated carbocycles. The zero-order valence-corrected chi connectivity index (χ0v) is 11.2. The first-order valence-corrected chi connectivity index (χ1v) is 6.52. The first-order valence-electron chi connectivity index (χ1n) is 6.52. The van der Waals surface area contributed by atoms with Crippen LogP contribution in [0.4, 0.5) is 10.1 Å². The Morgan fingerprint density at radius 1 is 1.40 bits per heavy atom. The smallest absolute Gasteiger partial charge is 0.340 e. The molecule has 1 unspecified atom stereocenters. The van der Waals surface area contributed by atoms with E-state index < -0.39 is 22.9 Å². The molecule has 0 aromatic heterocycles. The molecule has 6 heteroatoms. The van der Waals surface area contributed by atoms with E-state index in [9.17, 15) is 14.0 Å². The fourth-order valence-corrected chi connectivity index (χ4v) is 2.36. The van der Waals surface area contributed by atoms with Crippen molar-refractivity contribution in [2.45, 2.75) is 31.7 Å². The monoisotopic (exact) mass is 280 g/mol. The Bertz CT molecular complexity index is 539. The largest absolute Gasteiger partial charge is 0.478 e. The minimum atomic E-state index is -1.40. The molecule has 108 valence electrons. The number of hydrogen-bond acceptors (Lipinski definition) is 3. The van der Waals surface area contributed by atoms with Gasteiger partial charge in [-0.25, -0.2) is 9.18 Å². The van der Waals surface area contributed by atoms with E-state index in [2.05, 4.69) is 10.6 Å². The van der Waals surface area contributed by atoms with Gasteiger partial charge in [-0.2, -0.15) is 0 Å². The maximum absolute atomic E-state index is 13.5. The van der Waals surface area contributed by atoms with E-state index in [0.717, 1.165) is 25.5 Å². The van der Waals surface area contributed by atoms with Gasteiger partial charge in [0.1, 0.15) is 11.4 Å². The molecule has 1 atom stereocenters. The van der Waals surface area contributed by atoms with Crippen LogP contribution in [-0.2, 0) is 4.79 Å². The molecule has 1 amide bonds. The molecular weight excluding hydrogens is 263 g/mol. The predicted octanol–water partition coefficient (Wildman–Crippen LogP) is 1.99. The Kier molecular flexibility index (Phi) is 4.04. The number of rotatable bonds is 3. The van der Waals surface area contributed by atoms with Crippen molar-refractivity contribution < 1.29 is 19.1 Å². The minimum absolute atomic E-state index is 0.0175. The second kappa shape index (κ2) is 5.58. The zero-order chi connectivity index (χ0) is 14.8. The van der Waals surface area contributed by atoms with Crippen molar-refractivity contribution in [1.82, 2.24) is 5.32 Å². The number of carbonyl (C=O) groups is 2. The summed E-state index contributed by atoms with van der Waals surface area (Å²) in [6, 6.07) is 3.81. The second-order valence-electron chi connectivity index (χ2n) is 5.14. The molecule has 1 saturated heterocycles. The van der Waals surface area contributed by atoms with E-state index in [4.69, 9.17) is 5.11 Å². The van der Waals surface area contributed by atoms with E-state index in [1.54, 1.807) is 6.92 Å². The summed E-state index contributed by atoms with van der Waals surface area (Å²) in [6.45, 7) is 2.50. The molecular formula is C14H17FN2O3. The number of carbonyl (C=O) groups excluding carboxylic acids is 1. The van der Waals surface area contributed by atoms with Gasteiger partial charge >= 0.3 is 5.97 Å². The van der Waals surface area contributed by atoms with Crippen molar-refractivity contribution in [3.8, 4) is 0 Å². The Hall–Kier alpha value is -1.95. The highest BCUT2D eigenvalue weighted by molar-refractivity contribution is 6.03. The van der Waals surface area contributed by atoms with Crippen LogP contribution in [0.2, 0.25) is 0 Å². The molecule has 5 nitrogen and oxygen atoms in total. The second-order valence-corrected chi connectivity index (χ2v) is 5.14. The lowest BCUT2D eigenvalue weighted by Gasteiger charge is -2.33. The molecule has 0 aliphatic carbocycles. The summed E-state index contributed by atoms with van der Waals surface area (Å²) in [6.07, 6.45) is 2.59. The van der Waals surface area contributed by atoms with Gasteiger partial charge in [-0.3, -0.25) is 4.79 Å². The molecule has 1 aromatic carbocycles. The number of halogens is 1. The topological polar surface area (TPSA) is 78.4 Å². The van der Waals surface area contributed by atoms with Gasteiger partial charge in [0, 0.05) is 0 Å². The average Bonchev–Trinajstić information content (AvgIpc) is 2.39. The van der Waals surface area contributed by atoms with Crippen LogP contribution in [0.15, 0.2) is 18.2 Å². The highest BCUT2D eigenvalue weighted by Gasteiger charge is 2.35. The van der Waals surface area contributed by atoms with Crippen LogP contribution in [0.1, 0.15) is 36.5 Å². The molecule has 0 radical (unpaired) electrons. The maximum Gasteiger partial charge on any atom is 0.340 e. The third-order valence-electron chi connectivity index (χ3n) is 3.60. The summed E-state index contributed by atoms with van der Waals surface area (Å²) >= 11 is 0.